The van der Waals surface area contributed by atoms with Crippen LogP contribution < -0.4 is 0 Å². The summed E-state index contributed by atoms with van der Waals surface area (Å²) in [6.07, 6.45) is 2.66. The van der Waals surface area contributed by atoms with E-state index in [4.69, 9.17) is 0 Å². The van der Waals surface area contributed by atoms with Gasteiger partial charge in [-0.1, -0.05) is 45.4 Å². The molecule has 2 aliphatic carbocycles. The molecule has 2 saturated carbocycles. The quantitative estimate of drug-likeness (QED) is 0.532. The monoisotopic (exact) mass is 151 g/mol. The fraction of sp³-hybridized carbons (Fsp3) is 0.909. The first-order valence-electron chi connectivity index (χ1n) is 4.98. The molecular weight excluding hydrogens is 132 g/mol. The fourth-order valence-corrected chi connectivity index (χ4v) is 3.59. The second-order valence-corrected chi connectivity index (χ2v) is 4.73. The second-order valence-electron chi connectivity index (χ2n) is 4.73. The van der Waals surface area contributed by atoms with Crippen LogP contribution in [0.5, 0.6) is 0 Å². The van der Waals surface area contributed by atoms with E-state index in [1.54, 1.807) is 0 Å². The highest BCUT2D eigenvalue weighted by atomic mass is 14.7. The van der Waals surface area contributed by atoms with Crippen LogP contribution in [-0.4, -0.2) is 0 Å². The van der Waals surface area contributed by atoms with Gasteiger partial charge in [0.2, 0.25) is 0 Å². The normalized spacial score (nSPS) is 60.0. The summed E-state index contributed by atoms with van der Waals surface area (Å²) >= 11 is 0. The van der Waals surface area contributed by atoms with Crippen molar-refractivity contribution in [3.8, 4) is 0 Å². The molecule has 0 nitrogen and oxygen atoms in total. The van der Waals surface area contributed by atoms with Crippen molar-refractivity contribution in [3.05, 3.63) is 6.92 Å². The first-order valence-corrected chi connectivity index (χ1v) is 4.98. The number of rotatable bonds is 2. The van der Waals surface area contributed by atoms with Gasteiger partial charge in [-0.2, -0.15) is 5.41 Å². The lowest BCUT2D eigenvalue weighted by molar-refractivity contribution is 0.0657. The molecule has 0 N–H and O–H groups in total. The largest absolute Gasteiger partial charge is 0.337 e. The zero-order valence-electron chi connectivity index (χ0n) is 7.93. The SMILES string of the molecule is [CH2-]C1(CCC)C(C)C2C(C)C21. The molecule has 5 unspecified atom stereocenters. The minimum absolute atomic E-state index is 0.485. The average molecular weight is 151 g/mol. The predicted molar refractivity (Wildman–Crippen MR) is 48.0 cm³/mol. The van der Waals surface area contributed by atoms with E-state index in [1.807, 2.05) is 0 Å². The molecule has 0 aromatic heterocycles. The Morgan fingerprint density at radius 2 is 2.00 bits per heavy atom. The third-order valence-corrected chi connectivity index (χ3v) is 4.31. The van der Waals surface area contributed by atoms with E-state index >= 15 is 0 Å². The highest BCUT2D eigenvalue weighted by Crippen LogP contribution is 2.75. The third-order valence-electron chi connectivity index (χ3n) is 4.31. The maximum absolute atomic E-state index is 4.42. The number of hydrogen-bond acceptors (Lipinski definition) is 0. The molecule has 2 aliphatic rings. The van der Waals surface area contributed by atoms with E-state index in [-0.39, 0.29) is 0 Å². The van der Waals surface area contributed by atoms with E-state index in [0.717, 1.165) is 23.7 Å². The van der Waals surface area contributed by atoms with Crippen LogP contribution >= 0.6 is 0 Å². The molecule has 64 valence electrons. The van der Waals surface area contributed by atoms with Crippen LogP contribution in [0.15, 0.2) is 0 Å². The Morgan fingerprint density at radius 1 is 1.36 bits per heavy atom. The zero-order chi connectivity index (χ0) is 8.22. The van der Waals surface area contributed by atoms with Gasteiger partial charge in [-0.15, -0.1) is 0 Å². The lowest BCUT2D eigenvalue weighted by atomic mass is 9.60. The Balaban J connectivity index is 2.05. The second kappa shape index (κ2) is 2.02. The smallest absolute Gasteiger partial charge is 0.0368 e. The van der Waals surface area contributed by atoms with Crippen LogP contribution in [0.25, 0.3) is 0 Å². The van der Waals surface area contributed by atoms with Crippen LogP contribution in [0.4, 0.5) is 0 Å². The first kappa shape index (κ1) is 7.64. The van der Waals surface area contributed by atoms with Gasteiger partial charge in [0.05, 0.1) is 0 Å². The summed E-state index contributed by atoms with van der Waals surface area (Å²) in [6, 6.07) is 0. The fourth-order valence-electron chi connectivity index (χ4n) is 3.59. The molecule has 0 bridgehead atoms. The minimum atomic E-state index is 0.485. The molecule has 0 aromatic rings. The van der Waals surface area contributed by atoms with Crippen LogP contribution in [-0.2, 0) is 0 Å². The van der Waals surface area contributed by atoms with Gasteiger partial charge in [-0.3, -0.25) is 0 Å². The Hall–Kier alpha value is 0. The van der Waals surface area contributed by atoms with Crippen LogP contribution in [0.1, 0.15) is 33.6 Å². The average Bonchev–Trinajstić information content (AvgIpc) is 2.59. The van der Waals surface area contributed by atoms with Crippen LogP contribution in [0, 0.1) is 36.0 Å². The van der Waals surface area contributed by atoms with Crippen molar-refractivity contribution in [3.63, 3.8) is 0 Å². The molecule has 0 heterocycles. The summed E-state index contributed by atoms with van der Waals surface area (Å²) in [6.45, 7) is 11.5. The first-order chi connectivity index (χ1) is 5.13. The van der Waals surface area contributed by atoms with Gasteiger partial charge in [-0.25, -0.2) is 0 Å². The molecule has 0 saturated heterocycles. The third kappa shape index (κ3) is 0.711. The lowest BCUT2D eigenvalue weighted by Crippen LogP contribution is -2.39. The summed E-state index contributed by atoms with van der Waals surface area (Å²) in [5.74, 6) is 3.95. The lowest BCUT2D eigenvalue weighted by Gasteiger charge is -2.52. The topological polar surface area (TPSA) is 0 Å². The van der Waals surface area contributed by atoms with Crippen LogP contribution in [0.3, 0.4) is 0 Å². The highest BCUT2D eigenvalue weighted by Gasteiger charge is 2.66. The standard InChI is InChI=1S/C11H19/c1-5-6-11(4)8(3)9-7(2)10(9)11/h7-10H,4-6H2,1-3H3/q-1. The summed E-state index contributed by atoms with van der Waals surface area (Å²) in [7, 11) is 0. The van der Waals surface area contributed by atoms with Gasteiger partial charge in [0.1, 0.15) is 0 Å². The van der Waals surface area contributed by atoms with Gasteiger partial charge in [0, 0.05) is 0 Å². The Labute approximate surface area is 70.4 Å². The molecular formula is C11H19-. The molecule has 0 radical (unpaired) electrons. The van der Waals surface area contributed by atoms with Crippen LogP contribution in [0.2, 0.25) is 0 Å². The minimum Gasteiger partial charge on any atom is -0.337 e. The summed E-state index contributed by atoms with van der Waals surface area (Å²) in [4.78, 5) is 0. The van der Waals surface area contributed by atoms with Gasteiger partial charge in [0.25, 0.3) is 0 Å². The molecule has 2 fully saturated rings. The van der Waals surface area contributed by atoms with E-state index in [0.29, 0.717) is 5.41 Å². The van der Waals surface area contributed by atoms with Crippen molar-refractivity contribution in [2.45, 2.75) is 33.6 Å². The molecule has 2 rings (SSSR count). The molecule has 0 spiro atoms. The molecule has 0 aliphatic heterocycles. The van der Waals surface area contributed by atoms with Gasteiger partial charge < -0.3 is 6.92 Å². The van der Waals surface area contributed by atoms with Crippen molar-refractivity contribution in [1.82, 2.24) is 0 Å². The van der Waals surface area contributed by atoms with E-state index in [9.17, 15) is 0 Å². The van der Waals surface area contributed by atoms with Gasteiger partial charge >= 0.3 is 0 Å². The maximum atomic E-state index is 4.42. The summed E-state index contributed by atoms with van der Waals surface area (Å²) in [5.41, 5.74) is 0.485. The van der Waals surface area contributed by atoms with Gasteiger partial charge in [-0.05, 0) is 11.8 Å². The van der Waals surface area contributed by atoms with Crippen molar-refractivity contribution in [1.29, 1.82) is 0 Å². The van der Waals surface area contributed by atoms with E-state index in [1.165, 1.54) is 12.8 Å². The van der Waals surface area contributed by atoms with E-state index in [2.05, 4.69) is 27.7 Å². The van der Waals surface area contributed by atoms with Crippen molar-refractivity contribution in [2.75, 3.05) is 0 Å². The van der Waals surface area contributed by atoms with E-state index < -0.39 is 0 Å². The maximum Gasteiger partial charge on any atom is -0.0368 e. The summed E-state index contributed by atoms with van der Waals surface area (Å²) < 4.78 is 0. The zero-order valence-corrected chi connectivity index (χ0v) is 7.93. The Morgan fingerprint density at radius 3 is 2.36 bits per heavy atom. The Bertz CT molecular complexity index is 165. The molecule has 5 atom stereocenters. The molecule has 0 heteroatoms. The van der Waals surface area contributed by atoms with Gasteiger partial charge in [0.15, 0.2) is 0 Å². The molecule has 0 amide bonds. The highest BCUT2D eigenvalue weighted by molar-refractivity contribution is 5.20. The van der Waals surface area contributed by atoms with Crippen molar-refractivity contribution in [2.24, 2.45) is 29.1 Å². The van der Waals surface area contributed by atoms with Crippen molar-refractivity contribution >= 4 is 0 Å². The predicted octanol–water partition coefficient (Wildman–Crippen LogP) is 3.14. The molecule has 11 heavy (non-hydrogen) atoms. The summed E-state index contributed by atoms with van der Waals surface area (Å²) in [5, 5.41) is 0. The molecule has 0 aromatic carbocycles. The van der Waals surface area contributed by atoms with Crippen molar-refractivity contribution < 1.29 is 0 Å². The Kier molecular flexibility index (Phi) is 1.41. The number of fused-ring (bicyclic) bond motifs is 1. The number of hydrogen-bond donors (Lipinski definition) is 0.